The fourth-order valence-corrected chi connectivity index (χ4v) is 3.82. The van der Waals surface area contributed by atoms with Crippen molar-refractivity contribution in [1.82, 2.24) is 10.2 Å². The quantitative estimate of drug-likeness (QED) is 0.458. The van der Waals surface area contributed by atoms with Crippen molar-refractivity contribution >= 4 is 23.4 Å². The predicted molar refractivity (Wildman–Crippen MR) is 131 cm³/mol. The molecule has 0 saturated carbocycles. The minimum Gasteiger partial charge on any atom is -0.496 e. The van der Waals surface area contributed by atoms with Gasteiger partial charge in [-0.05, 0) is 29.3 Å². The second kappa shape index (κ2) is 12.1. The molecule has 5 nitrogen and oxygen atoms in total. The van der Waals surface area contributed by atoms with Crippen LogP contribution in [-0.4, -0.2) is 29.9 Å². The molecule has 0 fully saturated rings. The highest BCUT2D eigenvalue weighted by atomic mass is 35.5. The third-order valence-corrected chi connectivity index (χ3v) is 5.74. The van der Waals surface area contributed by atoms with Gasteiger partial charge in [0, 0.05) is 36.5 Å². The molecule has 0 spiro atoms. The highest BCUT2D eigenvalue weighted by Crippen LogP contribution is 2.19. The molecule has 3 rings (SSSR count). The van der Waals surface area contributed by atoms with E-state index in [0.29, 0.717) is 36.7 Å². The summed E-state index contributed by atoms with van der Waals surface area (Å²) < 4.78 is 5.40. The number of hydrogen-bond acceptors (Lipinski definition) is 3. The van der Waals surface area contributed by atoms with E-state index in [1.165, 1.54) is 0 Å². The molecule has 0 aliphatic rings. The van der Waals surface area contributed by atoms with E-state index in [1.807, 2.05) is 73.7 Å². The number of carbonyl (C=O) groups excluding carboxylic acids is 2. The molecule has 0 heterocycles. The fraction of sp³-hybridized carbons (Fsp3) is 0.259. The van der Waals surface area contributed by atoms with Crippen LogP contribution >= 0.6 is 11.6 Å². The zero-order chi connectivity index (χ0) is 23.6. The number of methoxy groups -OCH3 is 1. The topological polar surface area (TPSA) is 58.6 Å². The second-order valence-corrected chi connectivity index (χ2v) is 8.17. The van der Waals surface area contributed by atoms with Gasteiger partial charge in [0.15, 0.2) is 0 Å². The normalized spacial score (nSPS) is 11.5. The van der Waals surface area contributed by atoms with E-state index in [0.717, 1.165) is 16.7 Å². The molecule has 6 heteroatoms. The van der Waals surface area contributed by atoms with E-state index < -0.39 is 6.04 Å². The molecule has 0 radical (unpaired) electrons. The minimum absolute atomic E-state index is 0.0849. The Labute approximate surface area is 200 Å². The maximum absolute atomic E-state index is 13.5. The molecule has 0 aliphatic heterocycles. The minimum atomic E-state index is -0.662. The molecule has 1 N–H and O–H groups in total. The van der Waals surface area contributed by atoms with Crippen molar-refractivity contribution in [2.24, 2.45) is 0 Å². The Morgan fingerprint density at radius 3 is 2.27 bits per heavy atom. The zero-order valence-electron chi connectivity index (χ0n) is 19.0. The summed E-state index contributed by atoms with van der Waals surface area (Å²) in [5, 5.41) is 3.64. The first-order valence-corrected chi connectivity index (χ1v) is 11.4. The molecule has 1 atom stereocenters. The lowest BCUT2D eigenvalue weighted by Gasteiger charge is -2.31. The van der Waals surface area contributed by atoms with Crippen LogP contribution in [0.3, 0.4) is 0 Å². The van der Waals surface area contributed by atoms with Crippen LogP contribution in [0.5, 0.6) is 5.75 Å². The van der Waals surface area contributed by atoms with Crippen LogP contribution < -0.4 is 10.1 Å². The van der Waals surface area contributed by atoms with Gasteiger partial charge in [0.05, 0.1) is 7.11 Å². The number of para-hydroxylation sites is 1. The van der Waals surface area contributed by atoms with Crippen LogP contribution in [0.15, 0.2) is 78.9 Å². The fourth-order valence-electron chi connectivity index (χ4n) is 3.69. The molecule has 0 bridgehead atoms. The van der Waals surface area contributed by atoms with Gasteiger partial charge in [-0.15, -0.1) is 0 Å². The van der Waals surface area contributed by atoms with Gasteiger partial charge < -0.3 is 15.0 Å². The Bertz CT molecular complexity index is 1050. The lowest BCUT2D eigenvalue weighted by molar-refractivity contribution is -0.141. The van der Waals surface area contributed by atoms with E-state index in [2.05, 4.69) is 5.32 Å². The maximum atomic E-state index is 13.5. The Morgan fingerprint density at radius 2 is 1.61 bits per heavy atom. The molecule has 0 saturated heterocycles. The first kappa shape index (κ1) is 24.3. The van der Waals surface area contributed by atoms with Gasteiger partial charge in [-0.3, -0.25) is 9.59 Å². The molecule has 3 aromatic rings. The van der Waals surface area contributed by atoms with Crippen molar-refractivity contribution in [3.63, 3.8) is 0 Å². The third-order valence-electron chi connectivity index (χ3n) is 5.49. The monoisotopic (exact) mass is 464 g/mol. The van der Waals surface area contributed by atoms with Gasteiger partial charge in [-0.2, -0.15) is 0 Å². The molecular formula is C27H29ClN2O3. The smallest absolute Gasteiger partial charge is 0.243 e. The van der Waals surface area contributed by atoms with E-state index in [9.17, 15) is 9.59 Å². The second-order valence-electron chi connectivity index (χ2n) is 7.74. The summed E-state index contributed by atoms with van der Waals surface area (Å²) >= 11 is 6.03. The van der Waals surface area contributed by atoms with Crippen LogP contribution in [0.1, 0.15) is 30.0 Å². The van der Waals surface area contributed by atoms with Crippen molar-refractivity contribution in [3.05, 3.63) is 101 Å². The van der Waals surface area contributed by atoms with Gasteiger partial charge in [0.1, 0.15) is 11.8 Å². The van der Waals surface area contributed by atoms with Gasteiger partial charge in [-0.1, -0.05) is 79.2 Å². The highest BCUT2D eigenvalue weighted by molar-refractivity contribution is 6.30. The zero-order valence-corrected chi connectivity index (χ0v) is 19.7. The number of nitrogens with one attached hydrogen (secondary N) is 1. The number of amides is 2. The third kappa shape index (κ3) is 6.83. The highest BCUT2D eigenvalue weighted by Gasteiger charge is 2.29. The molecule has 3 aromatic carbocycles. The number of rotatable bonds is 10. The van der Waals surface area contributed by atoms with Crippen molar-refractivity contribution in [3.8, 4) is 5.75 Å². The summed E-state index contributed by atoms with van der Waals surface area (Å²) in [7, 11) is 1.60. The number of carbonyl (C=O) groups is 2. The summed E-state index contributed by atoms with van der Waals surface area (Å²) in [6.45, 7) is 2.44. The first-order chi connectivity index (χ1) is 16.0. The summed E-state index contributed by atoms with van der Waals surface area (Å²) in [5.41, 5.74) is 2.77. The Balaban J connectivity index is 1.87. The molecule has 33 heavy (non-hydrogen) atoms. The average molecular weight is 465 g/mol. The SMILES string of the molecule is CCC(=O)N(Cc1ccc(Cl)cc1)C(Cc1ccccc1)C(=O)NCc1ccccc1OC. The lowest BCUT2D eigenvalue weighted by atomic mass is 10.0. The van der Waals surface area contributed by atoms with Crippen LogP contribution in [0.2, 0.25) is 5.02 Å². The summed E-state index contributed by atoms with van der Waals surface area (Å²) in [6.07, 6.45) is 0.719. The van der Waals surface area contributed by atoms with E-state index in [-0.39, 0.29) is 11.8 Å². The van der Waals surface area contributed by atoms with E-state index in [4.69, 9.17) is 16.3 Å². The van der Waals surface area contributed by atoms with Crippen molar-refractivity contribution in [1.29, 1.82) is 0 Å². The van der Waals surface area contributed by atoms with Gasteiger partial charge >= 0.3 is 0 Å². The number of halogens is 1. The number of ether oxygens (including phenoxy) is 1. The molecule has 172 valence electrons. The largest absolute Gasteiger partial charge is 0.496 e. The predicted octanol–water partition coefficient (Wildman–Crippen LogP) is 5.01. The Morgan fingerprint density at radius 1 is 0.939 bits per heavy atom. The molecule has 2 amide bonds. The molecular weight excluding hydrogens is 436 g/mol. The van der Waals surface area contributed by atoms with E-state index in [1.54, 1.807) is 24.1 Å². The van der Waals surface area contributed by atoms with Crippen LogP contribution in [0.25, 0.3) is 0 Å². The van der Waals surface area contributed by atoms with Gasteiger partial charge in [0.2, 0.25) is 11.8 Å². The van der Waals surface area contributed by atoms with Crippen molar-refractivity contribution in [2.75, 3.05) is 7.11 Å². The lowest BCUT2D eigenvalue weighted by Crippen LogP contribution is -2.50. The van der Waals surface area contributed by atoms with Crippen LogP contribution in [-0.2, 0) is 29.1 Å². The summed E-state index contributed by atoms with van der Waals surface area (Å²) in [6, 6.07) is 24.0. The van der Waals surface area contributed by atoms with Crippen molar-refractivity contribution < 1.29 is 14.3 Å². The number of nitrogens with zero attached hydrogens (tertiary/aromatic N) is 1. The Kier molecular flexibility index (Phi) is 8.90. The first-order valence-electron chi connectivity index (χ1n) is 11.0. The average Bonchev–Trinajstić information content (AvgIpc) is 2.86. The van der Waals surface area contributed by atoms with Crippen molar-refractivity contribution in [2.45, 2.75) is 38.9 Å². The summed E-state index contributed by atoms with van der Waals surface area (Å²) in [4.78, 5) is 28.1. The van der Waals surface area contributed by atoms with E-state index >= 15 is 0 Å². The number of benzene rings is 3. The Hall–Kier alpha value is -3.31. The molecule has 1 unspecified atom stereocenters. The summed E-state index contributed by atoms with van der Waals surface area (Å²) in [5.74, 6) is 0.416. The number of hydrogen-bond donors (Lipinski definition) is 1. The van der Waals surface area contributed by atoms with Gasteiger partial charge in [0.25, 0.3) is 0 Å². The van der Waals surface area contributed by atoms with Crippen LogP contribution in [0, 0.1) is 0 Å². The molecule has 0 aliphatic carbocycles. The van der Waals surface area contributed by atoms with Crippen LogP contribution in [0.4, 0.5) is 0 Å². The standard InChI is InChI=1S/C27H29ClN2O3/c1-3-26(31)30(19-21-13-15-23(28)16-14-21)24(17-20-9-5-4-6-10-20)27(32)29-18-22-11-7-8-12-25(22)33-2/h4-16,24H,3,17-19H2,1-2H3,(H,29,32). The molecule has 0 aromatic heterocycles. The maximum Gasteiger partial charge on any atom is 0.243 e. The van der Waals surface area contributed by atoms with Gasteiger partial charge in [-0.25, -0.2) is 0 Å².